The van der Waals surface area contributed by atoms with Crippen LogP contribution in [0.3, 0.4) is 0 Å². The second-order valence-electron chi connectivity index (χ2n) is 9.62. The van der Waals surface area contributed by atoms with E-state index in [4.69, 9.17) is 0 Å². The molecule has 0 radical (unpaired) electrons. The topological polar surface area (TPSA) is 81.1 Å². The third kappa shape index (κ3) is 7.85. The predicted octanol–water partition coefficient (Wildman–Crippen LogP) is 4.44. The number of hydrogen-bond donors (Lipinski definition) is 2. The SMILES string of the molecule is O=S(=O)(N(Cc1ccccc1)[C@H](CO)Cc1ccccc1)N(Cc1ccccc1)[C@H](CO)Cc1ccccc1. The molecule has 204 valence electrons. The van der Waals surface area contributed by atoms with Gasteiger partial charge in [-0.2, -0.15) is 17.0 Å². The van der Waals surface area contributed by atoms with Crippen LogP contribution in [0.25, 0.3) is 0 Å². The summed E-state index contributed by atoms with van der Waals surface area (Å²) in [5.41, 5.74) is 3.50. The fourth-order valence-electron chi connectivity index (χ4n) is 4.75. The Bertz CT molecular complexity index is 1250. The molecule has 4 aromatic carbocycles. The van der Waals surface area contributed by atoms with Gasteiger partial charge in [-0.05, 0) is 35.1 Å². The third-order valence-electron chi connectivity index (χ3n) is 6.82. The maximum absolute atomic E-state index is 14.7. The second kappa shape index (κ2) is 14.2. The van der Waals surface area contributed by atoms with Crippen molar-refractivity contribution >= 4 is 10.2 Å². The zero-order valence-electron chi connectivity index (χ0n) is 22.0. The standard InChI is InChI=1S/C32H36N2O4S/c35-25-31(21-27-13-5-1-6-14-27)33(23-29-17-9-3-10-18-29)39(37,38)34(24-30-19-11-4-12-20-30)32(26-36)22-28-15-7-2-8-16-28/h1-20,31-32,35-36H,21-26H2/t31-,32-/m0/s1. The third-order valence-corrected chi connectivity index (χ3v) is 8.86. The summed E-state index contributed by atoms with van der Waals surface area (Å²) in [7, 11) is -4.18. The number of benzene rings is 4. The normalized spacial score (nSPS) is 13.4. The fourth-order valence-corrected chi connectivity index (χ4v) is 6.68. The summed E-state index contributed by atoms with van der Waals surface area (Å²) in [6.45, 7) is -0.503. The molecule has 0 amide bonds. The van der Waals surface area contributed by atoms with E-state index >= 15 is 0 Å². The molecule has 0 aromatic heterocycles. The molecule has 2 N–H and O–H groups in total. The van der Waals surface area contributed by atoms with Gasteiger partial charge in [-0.3, -0.25) is 0 Å². The van der Waals surface area contributed by atoms with Crippen molar-refractivity contribution in [1.82, 2.24) is 8.61 Å². The molecule has 0 unspecified atom stereocenters. The number of nitrogens with zero attached hydrogens (tertiary/aromatic N) is 2. The van der Waals surface area contributed by atoms with Gasteiger partial charge in [-0.15, -0.1) is 0 Å². The van der Waals surface area contributed by atoms with Crippen molar-refractivity contribution in [2.24, 2.45) is 0 Å². The first-order valence-electron chi connectivity index (χ1n) is 13.2. The average molecular weight is 545 g/mol. The summed E-state index contributed by atoms with van der Waals surface area (Å²) < 4.78 is 32.1. The minimum atomic E-state index is -4.18. The Morgan fingerprint density at radius 1 is 0.487 bits per heavy atom. The first kappa shape index (κ1) is 28.7. The first-order chi connectivity index (χ1) is 19.0. The van der Waals surface area contributed by atoms with Crippen molar-refractivity contribution in [3.05, 3.63) is 144 Å². The molecule has 0 aliphatic carbocycles. The lowest BCUT2D eigenvalue weighted by Gasteiger charge is -2.38. The maximum atomic E-state index is 14.7. The van der Waals surface area contributed by atoms with Crippen molar-refractivity contribution in [2.45, 2.75) is 38.0 Å². The highest BCUT2D eigenvalue weighted by atomic mass is 32.2. The van der Waals surface area contributed by atoms with E-state index in [-0.39, 0.29) is 26.3 Å². The van der Waals surface area contributed by atoms with Crippen LogP contribution in [0.2, 0.25) is 0 Å². The highest BCUT2D eigenvalue weighted by Crippen LogP contribution is 2.25. The predicted molar refractivity (Wildman–Crippen MR) is 155 cm³/mol. The minimum Gasteiger partial charge on any atom is -0.395 e. The monoisotopic (exact) mass is 544 g/mol. The van der Waals surface area contributed by atoms with Gasteiger partial charge in [0.15, 0.2) is 0 Å². The van der Waals surface area contributed by atoms with Gasteiger partial charge >= 0.3 is 0 Å². The summed E-state index contributed by atoms with van der Waals surface area (Å²) in [6.07, 6.45) is 0.704. The van der Waals surface area contributed by atoms with E-state index in [1.54, 1.807) is 0 Å². The lowest BCUT2D eigenvalue weighted by molar-refractivity contribution is 0.148. The first-order valence-corrected chi connectivity index (χ1v) is 14.6. The lowest BCUT2D eigenvalue weighted by Crippen LogP contribution is -2.54. The Kier molecular flexibility index (Phi) is 10.4. The highest BCUT2D eigenvalue weighted by Gasteiger charge is 2.38. The Morgan fingerprint density at radius 2 is 0.769 bits per heavy atom. The fraction of sp³-hybridized carbons (Fsp3) is 0.250. The van der Waals surface area contributed by atoms with E-state index in [0.29, 0.717) is 12.8 Å². The van der Waals surface area contributed by atoms with Crippen LogP contribution in [-0.2, 0) is 36.1 Å². The van der Waals surface area contributed by atoms with Gasteiger partial charge in [-0.1, -0.05) is 121 Å². The maximum Gasteiger partial charge on any atom is 0.283 e. The number of hydrogen-bond acceptors (Lipinski definition) is 4. The van der Waals surface area contributed by atoms with Crippen molar-refractivity contribution < 1.29 is 18.6 Å². The molecule has 0 fully saturated rings. The molecule has 0 spiro atoms. The van der Waals surface area contributed by atoms with Crippen LogP contribution in [-0.4, -0.2) is 52.5 Å². The highest BCUT2D eigenvalue weighted by molar-refractivity contribution is 7.86. The van der Waals surface area contributed by atoms with Crippen LogP contribution >= 0.6 is 0 Å². The van der Waals surface area contributed by atoms with Crippen LogP contribution in [0.1, 0.15) is 22.3 Å². The molecule has 4 aromatic rings. The smallest absolute Gasteiger partial charge is 0.283 e. The molecule has 0 aliphatic rings. The summed E-state index contributed by atoms with van der Waals surface area (Å²) in [4.78, 5) is 0. The second-order valence-corrected chi connectivity index (χ2v) is 11.5. The van der Waals surface area contributed by atoms with Gasteiger partial charge in [0.05, 0.1) is 25.3 Å². The molecule has 7 heteroatoms. The molecule has 6 nitrogen and oxygen atoms in total. The molecule has 2 atom stereocenters. The Balaban J connectivity index is 1.76. The van der Waals surface area contributed by atoms with Crippen LogP contribution in [0, 0.1) is 0 Å². The van der Waals surface area contributed by atoms with Crippen LogP contribution in [0.5, 0.6) is 0 Å². The molecule has 0 saturated carbocycles. The van der Waals surface area contributed by atoms with Crippen LogP contribution in [0.15, 0.2) is 121 Å². The van der Waals surface area contributed by atoms with E-state index in [1.165, 1.54) is 8.61 Å². The van der Waals surface area contributed by atoms with Gasteiger partial charge in [0, 0.05) is 13.1 Å². The lowest BCUT2D eigenvalue weighted by atomic mass is 10.1. The Morgan fingerprint density at radius 3 is 1.05 bits per heavy atom. The molecular formula is C32H36N2O4S. The molecule has 0 bridgehead atoms. The summed E-state index contributed by atoms with van der Waals surface area (Å²) in [5, 5.41) is 21.1. The van der Waals surface area contributed by atoms with Gasteiger partial charge in [0.1, 0.15) is 0 Å². The number of rotatable bonds is 14. The number of aliphatic hydroxyl groups excluding tert-OH is 2. The Hall–Kier alpha value is -3.33. The molecule has 0 aliphatic heterocycles. The van der Waals surface area contributed by atoms with Gasteiger partial charge in [-0.25, -0.2) is 0 Å². The molecular weight excluding hydrogens is 508 g/mol. The van der Waals surface area contributed by atoms with Crippen molar-refractivity contribution in [1.29, 1.82) is 0 Å². The summed E-state index contributed by atoms with van der Waals surface area (Å²) in [5.74, 6) is 0. The van der Waals surface area contributed by atoms with E-state index in [9.17, 15) is 18.6 Å². The van der Waals surface area contributed by atoms with Crippen molar-refractivity contribution in [2.75, 3.05) is 13.2 Å². The van der Waals surface area contributed by atoms with E-state index in [1.807, 2.05) is 121 Å². The minimum absolute atomic E-state index is 0.0933. The Labute approximate surface area is 232 Å². The van der Waals surface area contributed by atoms with E-state index in [2.05, 4.69) is 0 Å². The van der Waals surface area contributed by atoms with Gasteiger partial charge < -0.3 is 10.2 Å². The molecule has 4 rings (SSSR count). The number of aliphatic hydroxyl groups is 2. The zero-order chi connectivity index (χ0) is 27.5. The quantitative estimate of drug-likeness (QED) is 0.246. The molecule has 0 saturated heterocycles. The van der Waals surface area contributed by atoms with E-state index in [0.717, 1.165) is 22.3 Å². The molecule has 0 heterocycles. The largest absolute Gasteiger partial charge is 0.395 e. The van der Waals surface area contributed by atoms with E-state index < -0.39 is 22.3 Å². The van der Waals surface area contributed by atoms with Gasteiger partial charge in [0.25, 0.3) is 10.2 Å². The van der Waals surface area contributed by atoms with Crippen LogP contribution in [0.4, 0.5) is 0 Å². The van der Waals surface area contributed by atoms with Crippen molar-refractivity contribution in [3.63, 3.8) is 0 Å². The molecule has 39 heavy (non-hydrogen) atoms. The summed E-state index contributed by atoms with van der Waals surface area (Å²) in [6, 6.07) is 36.6. The average Bonchev–Trinajstić information content (AvgIpc) is 2.98. The van der Waals surface area contributed by atoms with Crippen molar-refractivity contribution in [3.8, 4) is 0 Å². The van der Waals surface area contributed by atoms with Gasteiger partial charge in [0.2, 0.25) is 0 Å². The van der Waals surface area contributed by atoms with Crippen LogP contribution < -0.4 is 0 Å². The summed E-state index contributed by atoms with van der Waals surface area (Å²) >= 11 is 0. The zero-order valence-corrected chi connectivity index (χ0v) is 22.8.